The van der Waals surface area contributed by atoms with E-state index in [1.807, 2.05) is 0 Å². The van der Waals surface area contributed by atoms with Crippen LogP contribution in [0.3, 0.4) is 0 Å². The molecule has 0 heterocycles. The highest BCUT2D eigenvalue weighted by Crippen LogP contribution is 2.14. The zero-order valence-corrected chi connectivity index (χ0v) is 18.1. The number of aliphatic hydroxyl groups excluding tert-OH is 1. The summed E-state index contributed by atoms with van der Waals surface area (Å²) < 4.78 is 4.76. The maximum atomic E-state index is 10.3. The van der Waals surface area contributed by atoms with Crippen LogP contribution in [0.4, 0.5) is 0 Å². The van der Waals surface area contributed by atoms with Gasteiger partial charge in [0, 0.05) is 13.0 Å². The molecule has 0 radical (unpaired) electrons. The lowest BCUT2D eigenvalue weighted by molar-refractivity contribution is -0.137. The lowest BCUT2D eigenvalue weighted by Crippen LogP contribution is -2.10. The smallest absolute Gasteiger partial charge is 0.303 e. The van der Waals surface area contributed by atoms with Crippen LogP contribution in [-0.2, 0) is 9.53 Å². The van der Waals surface area contributed by atoms with E-state index in [-0.39, 0.29) is 6.61 Å². The highest BCUT2D eigenvalue weighted by molar-refractivity contribution is 5.66. The van der Waals surface area contributed by atoms with E-state index in [9.17, 15) is 4.79 Å². The molecule has 5 nitrogen and oxygen atoms in total. The molecule has 0 bridgehead atoms. The van der Waals surface area contributed by atoms with Crippen LogP contribution in [0, 0.1) is 5.92 Å². The monoisotopic (exact) mass is 389 g/mol. The Kier molecular flexibility index (Phi) is 26.8. The summed E-state index contributed by atoms with van der Waals surface area (Å²) in [5.41, 5.74) is 5.06. The number of aliphatic carboxylic acids is 1. The molecule has 5 heteroatoms. The molecule has 0 spiro atoms. The van der Waals surface area contributed by atoms with Crippen molar-refractivity contribution in [2.45, 2.75) is 104 Å². The first-order valence-electron chi connectivity index (χ1n) is 11.1. The topological polar surface area (TPSA) is 92.8 Å². The summed E-state index contributed by atoms with van der Waals surface area (Å²) in [6.07, 6.45) is 17.3. The first kappa shape index (κ1) is 28.6. The number of carboxylic acid groups (broad SMARTS) is 1. The van der Waals surface area contributed by atoms with Gasteiger partial charge in [0.2, 0.25) is 0 Å². The molecule has 27 heavy (non-hydrogen) atoms. The van der Waals surface area contributed by atoms with Crippen LogP contribution in [0.25, 0.3) is 0 Å². The molecule has 0 aliphatic rings. The van der Waals surface area contributed by atoms with Gasteiger partial charge in [-0.25, -0.2) is 0 Å². The summed E-state index contributed by atoms with van der Waals surface area (Å²) in [5.74, 6) is 0.212. The van der Waals surface area contributed by atoms with E-state index in [4.69, 9.17) is 20.7 Å². The highest BCUT2D eigenvalue weighted by Gasteiger charge is 1.97. The number of rotatable bonds is 19. The van der Waals surface area contributed by atoms with E-state index in [2.05, 4.69) is 13.8 Å². The molecule has 0 rings (SSSR count). The van der Waals surface area contributed by atoms with Crippen LogP contribution in [0.15, 0.2) is 0 Å². The largest absolute Gasteiger partial charge is 0.481 e. The minimum Gasteiger partial charge on any atom is -0.481 e. The van der Waals surface area contributed by atoms with Gasteiger partial charge in [0.15, 0.2) is 0 Å². The number of hydrogen-bond donors (Lipinski definition) is 3. The number of carbonyl (C=O) groups is 1. The van der Waals surface area contributed by atoms with Crippen LogP contribution >= 0.6 is 0 Å². The fourth-order valence-electron chi connectivity index (χ4n) is 2.85. The van der Waals surface area contributed by atoms with E-state index < -0.39 is 5.97 Å². The Bertz CT molecular complexity index is 281. The standard InChI is InChI=1S/C18H36O2.C4H11NO2/c1-17(2)15-13-11-9-7-5-3-4-6-8-10-12-14-16-18(19)20;5-1-3-7-4-2-6/h17H,3-16H2,1-2H3,(H,19,20);6H,1-5H2. The normalized spacial score (nSPS) is 10.7. The first-order valence-corrected chi connectivity index (χ1v) is 11.1. The summed E-state index contributed by atoms with van der Waals surface area (Å²) in [6, 6.07) is 0. The van der Waals surface area contributed by atoms with E-state index >= 15 is 0 Å². The van der Waals surface area contributed by atoms with Crippen molar-refractivity contribution in [1.82, 2.24) is 0 Å². The molecule has 0 aliphatic heterocycles. The molecule has 0 unspecified atom stereocenters. The van der Waals surface area contributed by atoms with Crippen LogP contribution in [0.5, 0.6) is 0 Å². The zero-order chi connectivity index (χ0) is 20.6. The number of unbranched alkanes of at least 4 members (excludes halogenated alkanes) is 11. The van der Waals surface area contributed by atoms with Gasteiger partial charge in [-0.3, -0.25) is 4.79 Å². The average molecular weight is 390 g/mol. The molecule has 0 aliphatic carbocycles. The number of nitrogens with two attached hydrogens (primary N) is 1. The highest BCUT2D eigenvalue weighted by atomic mass is 16.5. The minimum absolute atomic E-state index is 0.0833. The fourth-order valence-corrected chi connectivity index (χ4v) is 2.85. The molecule has 0 aromatic heterocycles. The lowest BCUT2D eigenvalue weighted by atomic mass is 10.0. The zero-order valence-electron chi connectivity index (χ0n) is 18.1. The summed E-state index contributed by atoms with van der Waals surface area (Å²) >= 11 is 0. The minimum atomic E-state index is -0.654. The van der Waals surface area contributed by atoms with Crippen molar-refractivity contribution in [3.05, 3.63) is 0 Å². The lowest BCUT2D eigenvalue weighted by Gasteiger charge is -2.04. The van der Waals surface area contributed by atoms with Gasteiger partial charge in [0.1, 0.15) is 0 Å². The molecule has 0 saturated carbocycles. The number of aliphatic hydroxyl groups is 1. The average Bonchev–Trinajstić information content (AvgIpc) is 2.62. The fraction of sp³-hybridized carbons (Fsp3) is 0.955. The third kappa shape index (κ3) is 33.4. The van der Waals surface area contributed by atoms with Gasteiger partial charge in [0.25, 0.3) is 0 Å². The predicted octanol–water partition coefficient (Wildman–Crippen LogP) is 5.14. The van der Waals surface area contributed by atoms with Crippen molar-refractivity contribution in [3.63, 3.8) is 0 Å². The second kappa shape index (κ2) is 25.4. The quantitative estimate of drug-likeness (QED) is 0.266. The maximum Gasteiger partial charge on any atom is 0.303 e. The van der Waals surface area contributed by atoms with Gasteiger partial charge in [-0.05, 0) is 12.3 Å². The second-order valence-electron chi connectivity index (χ2n) is 7.69. The van der Waals surface area contributed by atoms with Crippen LogP contribution < -0.4 is 5.73 Å². The SMILES string of the molecule is CC(C)CCCCCCCCCCCCCCC(=O)O.NCCOCCO. The Morgan fingerprint density at radius 1 is 0.815 bits per heavy atom. The van der Waals surface area contributed by atoms with E-state index in [0.29, 0.717) is 26.2 Å². The number of hydrogen-bond acceptors (Lipinski definition) is 4. The maximum absolute atomic E-state index is 10.3. The van der Waals surface area contributed by atoms with Crippen LogP contribution in [0.2, 0.25) is 0 Å². The van der Waals surface area contributed by atoms with Gasteiger partial charge >= 0.3 is 5.97 Å². The van der Waals surface area contributed by atoms with Gasteiger partial charge in [-0.2, -0.15) is 0 Å². The van der Waals surface area contributed by atoms with Gasteiger partial charge < -0.3 is 20.7 Å². The Morgan fingerprint density at radius 2 is 1.26 bits per heavy atom. The Balaban J connectivity index is 0. The molecule has 0 aromatic carbocycles. The Labute approximate surface area is 168 Å². The van der Waals surface area contributed by atoms with Crippen molar-refractivity contribution in [1.29, 1.82) is 0 Å². The predicted molar refractivity (Wildman–Crippen MR) is 114 cm³/mol. The van der Waals surface area contributed by atoms with Crippen molar-refractivity contribution in [2.75, 3.05) is 26.4 Å². The molecule has 4 N–H and O–H groups in total. The summed E-state index contributed by atoms with van der Waals surface area (Å²) in [5, 5.41) is 16.6. The molecule has 0 atom stereocenters. The molecular weight excluding hydrogens is 342 g/mol. The van der Waals surface area contributed by atoms with Gasteiger partial charge in [-0.1, -0.05) is 90.9 Å². The van der Waals surface area contributed by atoms with Gasteiger partial charge in [-0.15, -0.1) is 0 Å². The second-order valence-corrected chi connectivity index (χ2v) is 7.69. The van der Waals surface area contributed by atoms with Crippen LogP contribution in [-0.4, -0.2) is 42.5 Å². The van der Waals surface area contributed by atoms with Crippen molar-refractivity contribution in [3.8, 4) is 0 Å². The molecule has 0 amide bonds. The van der Waals surface area contributed by atoms with E-state index in [1.165, 1.54) is 70.6 Å². The summed E-state index contributed by atoms with van der Waals surface area (Å²) in [6.45, 7) is 6.17. The van der Waals surface area contributed by atoms with Crippen molar-refractivity contribution >= 4 is 5.97 Å². The Hall–Kier alpha value is -0.650. The van der Waals surface area contributed by atoms with Crippen molar-refractivity contribution < 1.29 is 19.7 Å². The van der Waals surface area contributed by atoms with Crippen LogP contribution in [0.1, 0.15) is 104 Å². The van der Waals surface area contributed by atoms with E-state index in [0.717, 1.165) is 18.8 Å². The third-order valence-electron chi connectivity index (χ3n) is 4.42. The first-order chi connectivity index (χ1) is 13.0. The Morgan fingerprint density at radius 3 is 1.63 bits per heavy atom. The molecule has 164 valence electrons. The summed E-state index contributed by atoms with van der Waals surface area (Å²) in [7, 11) is 0. The molecule has 0 saturated heterocycles. The molecule has 0 fully saturated rings. The third-order valence-corrected chi connectivity index (χ3v) is 4.42. The number of ether oxygens (including phenoxy) is 1. The number of carboxylic acids is 1. The summed E-state index contributed by atoms with van der Waals surface area (Å²) in [4.78, 5) is 10.3. The van der Waals surface area contributed by atoms with Gasteiger partial charge in [0.05, 0.1) is 19.8 Å². The molecule has 0 aromatic rings. The van der Waals surface area contributed by atoms with E-state index in [1.54, 1.807) is 0 Å². The van der Waals surface area contributed by atoms with Crippen molar-refractivity contribution in [2.24, 2.45) is 11.7 Å². The molecular formula is C22H47NO4.